The maximum absolute atomic E-state index is 13.2. The van der Waals surface area contributed by atoms with E-state index in [0.29, 0.717) is 32.7 Å². The van der Waals surface area contributed by atoms with Crippen LogP contribution >= 0.6 is 0 Å². The van der Waals surface area contributed by atoms with E-state index in [1.807, 2.05) is 0 Å². The summed E-state index contributed by atoms with van der Waals surface area (Å²) >= 11 is 0. The lowest BCUT2D eigenvalue weighted by molar-refractivity contribution is 0.0389. The summed E-state index contributed by atoms with van der Waals surface area (Å²) in [5.41, 5.74) is -0.431. The van der Waals surface area contributed by atoms with Crippen molar-refractivity contribution >= 4 is 45.4 Å². The predicted octanol–water partition coefficient (Wildman–Crippen LogP) is 5.00. The van der Waals surface area contributed by atoms with Crippen LogP contribution in [0.1, 0.15) is 52.6 Å². The molecule has 7 heteroatoms. The number of aryl methyl sites for hydroxylation is 2. The minimum Gasteiger partial charge on any atom is -0.478 e. The zero-order valence-electron chi connectivity index (χ0n) is 17.7. The first-order chi connectivity index (χ1) is 15.7. The summed E-state index contributed by atoms with van der Waals surface area (Å²) in [6.45, 7) is 3.09. The summed E-state index contributed by atoms with van der Waals surface area (Å²) in [7, 11) is 0. The standard InChI is InChI=1S/C26H18O7/c1-13-11-15-7-3-5-9-17(15)21(19(13)23(27)28)25(31)33-26(32)22-18-10-6-4-8-16(18)12-14(2)20(22)24(29)30/h3-12H,1-2H3,(H,27,28)(H,29,30). The molecule has 4 aromatic carbocycles. The molecule has 0 aliphatic carbocycles. The molecular formula is C26H18O7. The van der Waals surface area contributed by atoms with Crippen LogP contribution in [0, 0.1) is 13.8 Å². The first-order valence-electron chi connectivity index (χ1n) is 9.98. The van der Waals surface area contributed by atoms with E-state index in [-0.39, 0.29) is 22.3 Å². The Morgan fingerprint density at radius 1 is 0.606 bits per heavy atom. The van der Waals surface area contributed by atoms with Crippen LogP contribution in [0.5, 0.6) is 0 Å². The Morgan fingerprint density at radius 2 is 0.970 bits per heavy atom. The van der Waals surface area contributed by atoms with E-state index in [1.54, 1.807) is 74.5 Å². The number of carboxylic acid groups (broad SMARTS) is 2. The Hall–Kier alpha value is -4.52. The van der Waals surface area contributed by atoms with Crippen LogP contribution in [-0.2, 0) is 4.74 Å². The van der Waals surface area contributed by atoms with E-state index in [0.717, 1.165) is 0 Å². The van der Waals surface area contributed by atoms with Gasteiger partial charge in [0.15, 0.2) is 0 Å². The van der Waals surface area contributed by atoms with Gasteiger partial charge in [0.1, 0.15) is 0 Å². The summed E-state index contributed by atoms with van der Waals surface area (Å²) in [4.78, 5) is 50.2. The summed E-state index contributed by atoms with van der Waals surface area (Å²) in [6.07, 6.45) is 0. The van der Waals surface area contributed by atoms with Gasteiger partial charge in [-0.15, -0.1) is 0 Å². The van der Waals surface area contributed by atoms with Crippen molar-refractivity contribution in [2.24, 2.45) is 0 Å². The highest BCUT2D eigenvalue weighted by atomic mass is 16.6. The second-order valence-electron chi connectivity index (χ2n) is 7.62. The number of aromatic carboxylic acids is 2. The van der Waals surface area contributed by atoms with Gasteiger partial charge in [0.05, 0.1) is 22.3 Å². The molecule has 4 rings (SSSR count). The molecule has 4 aromatic rings. The quantitative estimate of drug-likeness (QED) is 0.337. The maximum atomic E-state index is 13.2. The first kappa shape index (κ1) is 21.7. The van der Waals surface area contributed by atoms with Gasteiger partial charge in [-0.2, -0.15) is 0 Å². The number of esters is 2. The third-order valence-corrected chi connectivity index (χ3v) is 5.51. The van der Waals surface area contributed by atoms with Gasteiger partial charge in [-0.25, -0.2) is 19.2 Å². The molecule has 164 valence electrons. The lowest BCUT2D eigenvalue weighted by Gasteiger charge is -2.14. The van der Waals surface area contributed by atoms with E-state index in [1.165, 1.54) is 0 Å². The predicted molar refractivity (Wildman–Crippen MR) is 121 cm³/mol. The molecule has 0 fully saturated rings. The molecular weight excluding hydrogens is 424 g/mol. The fourth-order valence-electron chi connectivity index (χ4n) is 4.14. The zero-order chi connectivity index (χ0) is 23.9. The molecule has 0 amide bonds. The molecule has 0 heterocycles. The summed E-state index contributed by atoms with van der Waals surface area (Å²) < 4.78 is 5.13. The highest BCUT2D eigenvalue weighted by Gasteiger charge is 2.29. The molecule has 0 radical (unpaired) electrons. The van der Waals surface area contributed by atoms with Crippen molar-refractivity contribution < 1.29 is 34.1 Å². The number of rotatable bonds is 4. The molecule has 0 saturated heterocycles. The van der Waals surface area contributed by atoms with Crippen LogP contribution in [0.4, 0.5) is 0 Å². The lowest BCUT2D eigenvalue weighted by atomic mass is 9.94. The number of fused-ring (bicyclic) bond motifs is 2. The van der Waals surface area contributed by atoms with Crippen molar-refractivity contribution in [2.45, 2.75) is 13.8 Å². The van der Waals surface area contributed by atoms with Gasteiger partial charge < -0.3 is 14.9 Å². The number of hydrogen-bond donors (Lipinski definition) is 2. The molecule has 7 nitrogen and oxygen atoms in total. The van der Waals surface area contributed by atoms with Crippen LogP contribution in [0.2, 0.25) is 0 Å². The minimum absolute atomic E-state index is 0.264. The van der Waals surface area contributed by atoms with Gasteiger partial charge >= 0.3 is 23.9 Å². The van der Waals surface area contributed by atoms with Crippen LogP contribution in [0.3, 0.4) is 0 Å². The van der Waals surface area contributed by atoms with Gasteiger partial charge in [0, 0.05) is 0 Å². The molecule has 0 aliphatic heterocycles. The van der Waals surface area contributed by atoms with E-state index < -0.39 is 23.9 Å². The van der Waals surface area contributed by atoms with E-state index in [2.05, 4.69) is 0 Å². The maximum Gasteiger partial charge on any atom is 0.347 e. The van der Waals surface area contributed by atoms with E-state index in [4.69, 9.17) is 4.74 Å². The van der Waals surface area contributed by atoms with Gasteiger partial charge in [-0.3, -0.25) is 0 Å². The summed E-state index contributed by atoms with van der Waals surface area (Å²) in [6, 6.07) is 16.6. The molecule has 0 aliphatic rings. The number of hydrogen-bond acceptors (Lipinski definition) is 5. The average Bonchev–Trinajstić information content (AvgIpc) is 2.76. The lowest BCUT2D eigenvalue weighted by Crippen LogP contribution is -2.20. The molecule has 2 N–H and O–H groups in total. The SMILES string of the molecule is Cc1cc2ccccc2c(C(=O)OC(=O)c2c(C(=O)O)c(C)cc3ccccc23)c1C(=O)O. The molecule has 33 heavy (non-hydrogen) atoms. The molecule has 0 saturated carbocycles. The largest absolute Gasteiger partial charge is 0.478 e. The topological polar surface area (TPSA) is 118 Å². The van der Waals surface area contributed by atoms with Crippen molar-refractivity contribution in [3.63, 3.8) is 0 Å². The normalized spacial score (nSPS) is 10.8. The molecule has 0 aromatic heterocycles. The van der Waals surface area contributed by atoms with Crippen LogP contribution in [0.25, 0.3) is 21.5 Å². The zero-order valence-corrected chi connectivity index (χ0v) is 17.7. The fourth-order valence-corrected chi connectivity index (χ4v) is 4.14. The van der Waals surface area contributed by atoms with Crippen LogP contribution in [0.15, 0.2) is 60.7 Å². The van der Waals surface area contributed by atoms with Crippen LogP contribution in [-0.4, -0.2) is 34.1 Å². The molecule has 0 spiro atoms. The van der Waals surface area contributed by atoms with Gasteiger partial charge in [-0.05, 0) is 46.5 Å². The first-order valence-corrected chi connectivity index (χ1v) is 9.98. The average molecular weight is 442 g/mol. The van der Waals surface area contributed by atoms with Crippen molar-refractivity contribution in [1.82, 2.24) is 0 Å². The molecule has 0 atom stereocenters. The third kappa shape index (κ3) is 3.70. The van der Waals surface area contributed by atoms with Gasteiger partial charge in [0.2, 0.25) is 0 Å². The van der Waals surface area contributed by atoms with Gasteiger partial charge in [0.25, 0.3) is 0 Å². The summed E-state index contributed by atoms with van der Waals surface area (Å²) in [5.74, 6) is -5.02. The third-order valence-electron chi connectivity index (χ3n) is 5.51. The highest BCUT2D eigenvalue weighted by molar-refractivity contribution is 6.19. The minimum atomic E-state index is -1.34. The van der Waals surface area contributed by atoms with Crippen molar-refractivity contribution in [2.75, 3.05) is 0 Å². The van der Waals surface area contributed by atoms with Crippen LogP contribution < -0.4 is 0 Å². The number of carbonyl (C=O) groups excluding carboxylic acids is 2. The van der Waals surface area contributed by atoms with E-state index in [9.17, 15) is 29.4 Å². The number of carboxylic acids is 2. The Morgan fingerprint density at radius 3 is 1.33 bits per heavy atom. The second kappa shape index (κ2) is 8.20. The number of ether oxygens (including phenoxy) is 1. The van der Waals surface area contributed by atoms with Gasteiger partial charge in [-0.1, -0.05) is 60.7 Å². The van der Waals surface area contributed by atoms with Crippen molar-refractivity contribution in [1.29, 1.82) is 0 Å². The number of carbonyl (C=O) groups is 4. The number of benzene rings is 4. The Bertz CT molecular complexity index is 1380. The molecule has 0 bridgehead atoms. The Labute approximate surface area is 187 Å². The Balaban J connectivity index is 1.89. The second-order valence-corrected chi connectivity index (χ2v) is 7.62. The molecule has 0 unspecified atom stereocenters. The smallest absolute Gasteiger partial charge is 0.347 e. The monoisotopic (exact) mass is 442 g/mol. The fraction of sp³-hybridized carbons (Fsp3) is 0.0769. The Kier molecular flexibility index (Phi) is 5.39. The van der Waals surface area contributed by atoms with Crippen molar-refractivity contribution in [3.05, 3.63) is 94.0 Å². The highest BCUT2D eigenvalue weighted by Crippen LogP contribution is 2.30. The van der Waals surface area contributed by atoms with Crippen molar-refractivity contribution in [3.8, 4) is 0 Å². The van der Waals surface area contributed by atoms with E-state index >= 15 is 0 Å². The summed E-state index contributed by atoms with van der Waals surface area (Å²) in [5, 5.41) is 21.3.